The van der Waals surface area contributed by atoms with Gasteiger partial charge in [0.15, 0.2) is 0 Å². The van der Waals surface area contributed by atoms with E-state index in [-0.39, 0.29) is 5.69 Å². The van der Waals surface area contributed by atoms with Gasteiger partial charge < -0.3 is 10.0 Å². The van der Waals surface area contributed by atoms with Gasteiger partial charge >= 0.3 is 0 Å². The van der Waals surface area contributed by atoms with Gasteiger partial charge in [-0.1, -0.05) is 19.9 Å². The van der Waals surface area contributed by atoms with Crippen LogP contribution < -0.4 is 4.90 Å². The van der Waals surface area contributed by atoms with E-state index in [1.807, 2.05) is 18.7 Å². The van der Waals surface area contributed by atoms with Crippen LogP contribution in [0, 0.1) is 27.4 Å². The summed E-state index contributed by atoms with van der Waals surface area (Å²) in [6.07, 6.45) is -0.447. The van der Waals surface area contributed by atoms with Gasteiger partial charge in [0.2, 0.25) is 0 Å². The van der Waals surface area contributed by atoms with E-state index < -0.39 is 11.0 Å². The molecule has 0 spiro atoms. The van der Waals surface area contributed by atoms with Crippen molar-refractivity contribution in [1.82, 2.24) is 0 Å². The molecular weight excluding hydrogens is 270 g/mol. The second-order valence-corrected chi connectivity index (χ2v) is 5.43. The highest BCUT2D eigenvalue weighted by atomic mass is 16.6. The van der Waals surface area contributed by atoms with Crippen molar-refractivity contribution in [2.75, 3.05) is 18.0 Å². The first kappa shape index (κ1) is 16.9. The third-order valence-corrected chi connectivity index (χ3v) is 3.10. The molecule has 0 amide bonds. The van der Waals surface area contributed by atoms with Crippen LogP contribution in [0.3, 0.4) is 0 Å². The number of rotatable bonds is 7. The Morgan fingerprint density at radius 3 is 2.57 bits per heavy atom. The van der Waals surface area contributed by atoms with E-state index in [0.717, 1.165) is 0 Å². The lowest BCUT2D eigenvalue weighted by atomic mass is 10.1. The summed E-state index contributed by atoms with van der Waals surface area (Å²) in [4.78, 5) is 12.7. The number of nitriles is 1. The number of hydrogen-bond acceptors (Lipinski definition) is 5. The monoisotopic (exact) mass is 291 g/mol. The van der Waals surface area contributed by atoms with Crippen molar-refractivity contribution in [3.63, 3.8) is 0 Å². The van der Waals surface area contributed by atoms with E-state index >= 15 is 0 Å². The van der Waals surface area contributed by atoms with Gasteiger partial charge in [0.25, 0.3) is 5.69 Å². The van der Waals surface area contributed by atoms with Crippen LogP contribution in [0.15, 0.2) is 18.2 Å². The Bertz CT molecular complexity index is 535. The van der Waals surface area contributed by atoms with E-state index in [2.05, 4.69) is 6.07 Å². The summed E-state index contributed by atoms with van der Waals surface area (Å²) in [6.45, 7) is 6.70. The molecule has 1 aromatic rings. The number of anilines is 1. The molecule has 1 N–H and O–H groups in total. The highest BCUT2D eigenvalue weighted by Crippen LogP contribution is 2.31. The van der Waals surface area contributed by atoms with Crippen LogP contribution in [-0.4, -0.2) is 23.1 Å². The van der Waals surface area contributed by atoms with Crippen LogP contribution in [0.4, 0.5) is 11.4 Å². The molecule has 1 atom stereocenters. The average molecular weight is 291 g/mol. The minimum Gasteiger partial charge on any atom is -0.389 e. The van der Waals surface area contributed by atoms with Crippen molar-refractivity contribution in [1.29, 1.82) is 5.26 Å². The van der Waals surface area contributed by atoms with Gasteiger partial charge in [-0.2, -0.15) is 5.26 Å². The molecule has 0 saturated carbocycles. The molecule has 1 aromatic carbocycles. The summed E-state index contributed by atoms with van der Waals surface area (Å²) < 4.78 is 0. The molecule has 0 unspecified atom stereocenters. The Labute approximate surface area is 124 Å². The van der Waals surface area contributed by atoms with Gasteiger partial charge in [0.05, 0.1) is 23.5 Å². The van der Waals surface area contributed by atoms with E-state index in [0.29, 0.717) is 36.7 Å². The standard InChI is InChI=1S/C15H21N3O3/c1-11(2)10-17(8-4-7-16)14-6-5-13(12(3)19)9-15(14)18(20)21/h5-6,9,11-12,19H,4,8,10H2,1-3H3/t12-/m0/s1. The highest BCUT2D eigenvalue weighted by Gasteiger charge is 2.21. The molecule has 0 bridgehead atoms. The highest BCUT2D eigenvalue weighted by molar-refractivity contribution is 5.64. The van der Waals surface area contributed by atoms with Crippen molar-refractivity contribution in [2.24, 2.45) is 5.92 Å². The molecule has 6 nitrogen and oxygen atoms in total. The predicted molar refractivity (Wildman–Crippen MR) is 81.0 cm³/mol. The van der Waals surface area contributed by atoms with Gasteiger partial charge in [-0.05, 0) is 24.5 Å². The van der Waals surface area contributed by atoms with Gasteiger partial charge in [0.1, 0.15) is 5.69 Å². The summed E-state index contributed by atoms with van der Waals surface area (Å²) in [6, 6.07) is 6.81. The summed E-state index contributed by atoms with van der Waals surface area (Å²) in [5.74, 6) is 0.319. The molecule has 0 aliphatic carbocycles. The van der Waals surface area contributed by atoms with Crippen LogP contribution in [-0.2, 0) is 0 Å². The predicted octanol–water partition coefficient (Wildman–Crippen LogP) is 3.02. The van der Waals surface area contributed by atoms with Crippen molar-refractivity contribution < 1.29 is 10.0 Å². The summed E-state index contributed by atoms with van der Waals surface area (Å²) >= 11 is 0. The fourth-order valence-electron chi connectivity index (χ4n) is 2.15. The van der Waals surface area contributed by atoms with Crippen LogP contribution in [0.2, 0.25) is 0 Å². The smallest absolute Gasteiger partial charge is 0.292 e. The van der Waals surface area contributed by atoms with Crippen LogP contribution in [0.5, 0.6) is 0 Å². The van der Waals surface area contributed by atoms with Crippen LogP contribution >= 0.6 is 0 Å². The van der Waals surface area contributed by atoms with Gasteiger partial charge in [-0.25, -0.2) is 0 Å². The number of nitrogens with zero attached hydrogens (tertiary/aromatic N) is 3. The number of aliphatic hydroxyl groups is 1. The molecule has 6 heteroatoms. The zero-order chi connectivity index (χ0) is 16.0. The largest absolute Gasteiger partial charge is 0.389 e. The lowest BCUT2D eigenvalue weighted by molar-refractivity contribution is -0.384. The maximum Gasteiger partial charge on any atom is 0.292 e. The Hall–Kier alpha value is -2.13. The average Bonchev–Trinajstić information content (AvgIpc) is 2.42. The Kier molecular flexibility index (Phi) is 6.12. The van der Waals surface area contributed by atoms with E-state index in [1.54, 1.807) is 19.1 Å². The quantitative estimate of drug-likeness (QED) is 0.616. The maximum atomic E-state index is 11.3. The van der Waals surface area contributed by atoms with Crippen molar-refractivity contribution in [2.45, 2.75) is 33.3 Å². The SMILES string of the molecule is CC(C)CN(CCC#N)c1ccc([C@H](C)O)cc1[N+](=O)[O-]. The molecule has 1 rings (SSSR count). The zero-order valence-corrected chi connectivity index (χ0v) is 12.6. The molecule has 0 radical (unpaired) electrons. The Balaban J connectivity index is 3.22. The molecule has 0 aliphatic rings. The molecule has 0 fully saturated rings. The van der Waals surface area contributed by atoms with Gasteiger partial charge in [-0.3, -0.25) is 10.1 Å². The van der Waals surface area contributed by atoms with E-state index in [1.165, 1.54) is 6.07 Å². The molecule has 21 heavy (non-hydrogen) atoms. The first-order valence-electron chi connectivity index (χ1n) is 6.95. The number of aliphatic hydroxyl groups excluding tert-OH is 1. The summed E-state index contributed by atoms with van der Waals surface area (Å²) in [7, 11) is 0. The first-order valence-corrected chi connectivity index (χ1v) is 6.95. The summed E-state index contributed by atoms with van der Waals surface area (Å²) in [5.41, 5.74) is 0.968. The van der Waals surface area contributed by atoms with Gasteiger partial charge in [-0.15, -0.1) is 0 Å². The normalized spacial score (nSPS) is 12.0. The lowest BCUT2D eigenvalue weighted by Crippen LogP contribution is -2.29. The Morgan fingerprint density at radius 1 is 1.43 bits per heavy atom. The van der Waals surface area contributed by atoms with Crippen LogP contribution in [0.1, 0.15) is 38.9 Å². The number of benzene rings is 1. The number of hydrogen-bond donors (Lipinski definition) is 1. The minimum absolute atomic E-state index is 0.0352. The third-order valence-electron chi connectivity index (χ3n) is 3.10. The minimum atomic E-state index is -0.754. The van der Waals surface area contributed by atoms with E-state index in [9.17, 15) is 15.2 Å². The van der Waals surface area contributed by atoms with E-state index in [4.69, 9.17) is 5.26 Å². The molecular formula is C15H21N3O3. The fourth-order valence-corrected chi connectivity index (χ4v) is 2.15. The van der Waals surface area contributed by atoms with Crippen LogP contribution in [0.25, 0.3) is 0 Å². The molecule has 0 aromatic heterocycles. The molecule has 114 valence electrons. The maximum absolute atomic E-state index is 11.3. The fraction of sp³-hybridized carbons (Fsp3) is 0.533. The zero-order valence-electron chi connectivity index (χ0n) is 12.6. The van der Waals surface area contributed by atoms with Crippen molar-refractivity contribution in [3.05, 3.63) is 33.9 Å². The topological polar surface area (TPSA) is 90.4 Å². The number of nitro benzene ring substituents is 1. The number of nitro groups is 1. The van der Waals surface area contributed by atoms with Crippen molar-refractivity contribution in [3.8, 4) is 6.07 Å². The second-order valence-electron chi connectivity index (χ2n) is 5.43. The van der Waals surface area contributed by atoms with Gasteiger partial charge in [0, 0.05) is 19.2 Å². The van der Waals surface area contributed by atoms with Crippen molar-refractivity contribution >= 4 is 11.4 Å². The molecule has 0 aliphatic heterocycles. The molecule has 0 heterocycles. The molecule has 0 saturated heterocycles. The summed E-state index contributed by atoms with van der Waals surface area (Å²) in [5, 5.41) is 29.6. The second kappa shape index (κ2) is 7.60. The third kappa shape index (κ3) is 4.72. The first-order chi connectivity index (χ1) is 9.86. The lowest BCUT2D eigenvalue weighted by Gasteiger charge is -2.25. The Morgan fingerprint density at radius 2 is 2.10 bits per heavy atom.